The molecule has 1 amide bonds. The van der Waals surface area contributed by atoms with Crippen molar-refractivity contribution in [2.24, 2.45) is 0 Å². The number of amides is 1. The Hall–Kier alpha value is -2.94. The third-order valence-corrected chi connectivity index (χ3v) is 4.61. The van der Waals surface area contributed by atoms with Gasteiger partial charge in [-0.3, -0.25) is 14.9 Å². The molecule has 2 aromatic rings. The molecule has 1 heterocycles. The molecule has 0 aliphatic carbocycles. The van der Waals surface area contributed by atoms with Crippen molar-refractivity contribution in [3.8, 4) is 0 Å². The van der Waals surface area contributed by atoms with Crippen molar-refractivity contribution < 1.29 is 19.2 Å². The molecule has 0 saturated heterocycles. The van der Waals surface area contributed by atoms with Crippen LogP contribution in [-0.2, 0) is 16.1 Å². The summed E-state index contributed by atoms with van der Waals surface area (Å²) in [5.41, 5.74) is 2.01. The summed E-state index contributed by atoms with van der Waals surface area (Å²) < 4.78 is 4.94. The number of nitro groups is 1. The molecule has 0 bridgehead atoms. The van der Waals surface area contributed by atoms with Gasteiger partial charge in [-0.1, -0.05) is 23.5 Å². The lowest BCUT2D eigenvalue weighted by Crippen LogP contribution is -2.30. The molecule has 9 heteroatoms. The minimum absolute atomic E-state index is 0.0893. The molecular formula is C17H19N3O5S. The van der Waals surface area contributed by atoms with Gasteiger partial charge in [0.05, 0.1) is 4.92 Å². The van der Waals surface area contributed by atoms with Crippen LogP contribution < -0.4 is 4.90 Å². The summed E-state index contributed by atoms with van der Waals surface area (Å²) in [4.78, 5) is 37.5. The second kappa shape index (κ2) is 8.43. The minimum atomic E-state index is -0.750. The Morgan fingerprint density at radius 3 is 2.31 bits per heavy atom. The first kappa shape index (κ1) is 19.4. The zero-order valence-corrected chi connectivity index (χ0v) is 15.5. The van der Waals surface area contributed by atoms with Crippen LogP contribution in [0.2, 0.25) is 0 Å². The van der Waals surface area contributed by atoms with Crippen LogP contribution in [0.25, 0.3) is 0 Å². The number of carbonyl (C=O) groups is 2. The lowest BCUT2D eigenvalue weighted by atomic mass is 10.2. The number of carbonyl (C=O) groups excluding carboxylic acids is 2. The van der Waals surface area contributed by atoms with Crippen molar-refractivity contribution in [3.63, 3.8) is 0 Å². The molecule has 8 nitrogen and oxygen atoms in total. The molecule has 0 radical (unpaired) electrons. The number of ether oxygens (including phenoxy) is 1. The molecule has 0 aliphatic heterocycles. The highest BCUT2D eigenvalue weighted by Crippen LogP contribution is 2.24. The summed E-state index contributed by atoms with van der Waals surface area (Å²) in [6.45, 7) is -0.0363. The third kappa shape index (κ3) is 5.03. The quantitative estimate of drug-likeness (QED) is 0.418. The lowest BCUT2D eigenvalue weighted by Gasteiger charge is -2.18. The number of likely N-dealkylation sites (N-methyl/N-ethyl adjacent to an activating group) is 1. The largest absolute Gasteiger partial charge is 0.451 e. The molecule has 138 valence electrons. The van der Waals surface area contributed by atoms with E-state index in [0.29, 0.717) is 17.9 Å². The van der Waals surface area contributed by atoms with E-state index in [4.69, 9.17) is 4.74 Å². The van der Waals surface area contributed by atoms with E-state index in [1.54, 1.807) is 7.05 Å². The van der Waals surface area contributed by atoms with Gasteiger partial charge in [0.15, 0.2) is 6.61 Å². The summed E-state index contributed by atoms with van der Waals surface area (Å²) in [6, 6.07) is 10.3. The number of hydrogen-bond acceptors (Lipinski definition) is 7. The first-order chi connectivity index (χ1) is 12.3. The van der Waals surface area contributed by atoms with Gasteiger partial charge in [0.2, 0.25) is 0 Å². The van der Waals surface area contributed by atoms with Crippen LogP contribution in [-0.4, -0.2) is 49.4 Å². The molecule has 1 aromatic heterocycles. The number of hydrogen-bond donors (Lipinski definition) is 0. The third-order valence-electron chi connectivity index (χ3n) is 3.60. The van der Waals surface area contributed by atoms with Crippen LogP contribution >= 0.6 is 11.3 Å². The van der Waals surface area contributed by atoms with E-state index in [1.165, 1.54) is 17.0 Å². The average Bonchev–Trinajstić information content (AvgIpc) is 3.10. The first-order valence-electron chi connectivity index (χ1n) is 7.69. The Bertz CT molecular complexity index is 801. The summed E-state index contributed by atoms with van der Waals surface area (Å²) >= 11 is 0.713. The molecular weight excluding hydrogens is 358 g/mol. The minimum Gasteiger partial charge on any atom is -0.451 e. The number of nitrogens with zero attached hydrogens (tertiary/aromatic N) is 3. The molecule has 0 saturated carbocycles. The Kier molecular flexibility index (Phi) is 6.29. The highest BCUT2D eigenvalue weighted by molar-refractivity contribution is 7.17. The van der Waals surface area contributed by atoms with E-state index in [2.05, 4.69) is 0 Å². The highest BCUT2D eigenvalue weighted by Gasteiger charge is 2.18. The summed E-state index contributed by atoms with van der Waals surface area (Å²) in [5, 5.41) is 10.5. The Labute approximate surface area is 154 Å². The summed E-state index contributed by atoms with van der Waals surface area (Å²) in [6.07, 6.45) is 0. The van der Waals surface area contributed by atoms with Gasteiger partial charge < -0.3 is 14.5 Å². The fourth-order valence-corrected chi connectivity index (χ4v) is 2.82. The van der Waals surface area contributed by atoms with Gasteiger partial charge in [0.1, 0.15) is 4.88 Å². The molecule has 0 unspecified atom stereocenters. The van der Waals surface area contributed by atoms with Crippen molar-refractivity contribution in [1.29, 1.82) is 0 Å². The van der Waals surface area contributed by atoms with Crippen LogP contribution in [0.15, 0.2) is 36.4 Å². The van der Waals surface area contributed by atoms with E-state index in [9.17, 15) is 19.7 Å². The number of thiophene rings is 1. The van der Waals surface area contributed by atoms with Crippen molar-refractivity contribution in [1.82, 2.24) is 4.90 Å². The Balaban J connectivity index is 1.86. The molecule has 0 fully saturated rings. The van der Waals surface area contributed by atoms with Crippen molar-refractivity contribution in [2.75, 3.05) is 32.6 Å². The van der Waals surface area contributed by atoms with Gasteiger partial charge in [-0.15, -0.1) is 0 Å². The van der Waals surface area contributed by atoms with Gasteiger partial charge >= 0.3 is 11.0 Å². The summed E-state index contributed by atoms with van der Waals surface area (Å²) in [7, 11) is 5.51. The summed E-state index contributed by atoms with van der Waals surface area (Å²) in [5.74, 6) is -1.11. The zero-order valence-electron chi connectivity index (χ0n) is 14.7. The molecule has 2 rings (SSSR count). The maximum Gasteiger partial charge on any atom is 0.349 e. The van der Waals surface area contributed by atoms with Crippen LogP contribution in [0.5, 0.6) is 0 Å². The topological polar surface area (TPSA) is 93.0 Å². The Morgan fingerprint density at radius 1 is 1.12 bits per heavy atom. The second-order valence-corrected chi connectivity index (χ2v) is 6.84. The molecule has 0 spiro atoms. The number of rotatable bonds is 7. The molecule has 0 atom stereocenters. The second-order valence-electron chi connectivity index (χ2n) is 5.78. The molecule has 0 N–H and O–H groups in total. The normalized spacial score (nSPS) is 10.3. The van der Waals surface area contributed by atoms with Gasteiger partial charge in [-0.05, 0) is 23.8 Å². The van der Waals surface area contributed by atoms with Crippen LogP contribution in [0.4, 0.5) is 10.7 Å². The predicted molar refractivity (Wildman–Crippen MR) is 98.5 cm³/mol. The fourth-order valence-electron chi connectivity index (χ4n) is 2.11. The predicted octanol–water partition coefficient (Wildman–Crippen LogP) is 2.54. The van der Waals surface area contributed by atoms with Gasteiger partial charge in [-0.2, -0.15) is 0 Å². The first-order valence-corrected chi connectivity index (χ1v) is 8.51. The van der Waals surface area contributed by atoms with Crippen LogP contribution in [0.3, 0.4) is 0 Å². The lowest BCUT2D eigenvalue weighted by molar-refractivity contribution is -0.380. The van der Waals surface area contributed by atoms with E-state index < -0.39 is 17.5 Å². The van der Waals surface area contributed by atoms with Crippen molar-refractivity contribution in [2.45, 2.75) is 6.54 Å². The van der Waals surface area contributed by atoms with Crippen LogP contribution in [0.1, 0.15) is 15.2 Å². The smallest absolute Gasteiger partial charge is 0.349 e. The average molecular weight is 377 g/mol. The maximum atomic E-state index is 12.1. The highest BCUT2D eigenvalue weighted by atomic mass is 32.1. The Morgan fingerprint density at radius 2 is 1.77 bits per heavy atom. The molecule has 1 aromatic carbocycles. The number of esters is 1. The standard InChI is InChI=1S/C17H19N3O5S/c1-18(2)13-6-4-12(5-7-13)10-19(3)15(21)11-25-17(22)14-8-9-16(26-14)20(23)24/h4-9H,10-11H2,1-3H3. The fraction of sp³-hybridized carbons (Fsp3) is 0.294. The van der Waals surface area contributed by atoms with Gasteiger partial charge in [0.25, 0.3) is 5.91 Å². The van der Waals surface area contributed by atoms with Crippen LogP contribution in [0, 0.1) is 10.1 Å². The van der Waals surface area contributed by atoms with Gasteiger partial charge in [0, 0.05) is 39.4 Å². The van der Waals surface area contributed by atoms with Crippen molar-refractivity contribution >= 4 is 33.9 Å². The van der Waals surface area contributed by atoms with E-state index >= 15 is 0 Å². The SMILES string of the molecule is CN(Cc1ccc(N(C)C)cc1)C(=O)COC(=O)c1ccc([N+](=O)[O-])s1. The van der Waals surface area contributed by atoms with E-state index in [0.717, 1.165) is 11.3 Å². The number of anilines is 1. The van der Waals surface area contributed by atoms with Crippen molar-refractivity contribution in [3.05, 3.63) is 57.0 Å². The van der Waals surface area contributed by atoms with E-state index in [-0.39, 0.29) is 15.8 Å². The zero-order chi connectivity index (χ0) is 19.3. The molecule has 0 aliphatic rings. The molecule has 26 heavy (non-hydrogen) atoms. The monoisotopic (exact) mass is 377 g/mol. The van der Waals surface area contributed by atoms with Gasteiger partial charge in [-0.25, -0.2) is 4.79 Å². The maximum absolute atomic E-state index is 12.1. The van der Waals surface area contributed by atoms with E-state index in [1.807, 2.05) is 43.3 Å². The number of benzene rings is 1.